The molecule has 2 aromatic heterocycles. The maximum Gasteiger partial charge on any atom is 0.273 e. The third kappa shape index (κ3) is 4.23. The van der Waals surface area contributed by atoms with Crippen LogP contribution in [0.3, 0.4) is 0 Å². The highest BCUT2D eigenvalue weighted by molar-refractivity contribution is 7.97. The molecular weight excluding hydrogens is 439 g/mol. The van der Waals surface area contributed by atoms with E-state index in [1.165, 1.54) is 17.4 Å². The standard InChI is InChI=1S/C20H21FN6O2S2/c21-15-5-14(31-23)1-2-16(15)27-18-24-6-12(7-25-18)11-3-13(4-11)29-19-26-8-17(30-19)20(22)9-28-10-20/h1-2,5-8,11,13H,3-4,9-10,22-23H2,(H,24,25,27). The van der Waals surface area contributed by atoms with Crippen molar-refractivity contribution in [1.82, 2.24) is 15.0 Å². The van der Waals surface area contributed by atoms with E-state index in [9.17, 15) is 4.39 Å². The normalized spacial score (nSPS) is 21.8. The molecule has 0 atom stereocenters. The maximum atomic E-state index is 14.1. The molecule has 5 N–H and O–H groups in total. The van der Waals surface area contributed by atoms with Gasteiger partial charge in [0.2, 0.25) is 5.95 Å². The van der Waals surface area contributed by atoms with Crippen LogP contribution in [-0.2, 0) is 10.3 Å². The summed E-state index contributed by atoms with van der Waals surface area (Å²) in [6.45, 7) is 1.05. The van der Waals surface area contributed by atoms with Crippen LogP contribution in [0.25, 0.3) is 0 Å². The highest BCUT2D eigenvalue weighted by atomic mass is 32.2. The number of anilines is 2. The zero-order valence-electron chi connectivity index (χ0n) is 16.5. The zero-order chi connectivity index (χ0) is 21.4. The third-order valence-corrected chi connectivity index (χ3v) is 7.16. The minimum Gasteiger partial charge on any atom is -0.467 e. The molecule has 162 valence electrons. The van der Waals surface area contributed by atoms with Gasteiger partial charge in [-0.25, -0.2) is 19.3 Å². The van der Waals surface area contributed by atoms with E-state index >= 15 is 0 Å². The second kappa shape index (κ2) is 8.32. The van der Waals surface area contributed by atoms with Crippen LogP contribution in [-0.4, -0.2) is 34.3 Å². The lowest BCUT2D eigenvalue weighted by atomic mass is 9.78. The van der Waals surface area contributed by atoms with Gasteiger partial charge in [-0.3, -0.25) is 5.14 Å². The monoisotopic (exact) mass is 460 g/mol. The molecule has 1 saturated carbocycles. The van der Waals surface area contributed by atoms with Gasteiger partial charge in [0.25, 0.3) is 5.19 Å². The van der Waals surface area contributed by atoms with Crippen LogP contribution in [0.15, 0.2) is 41.7 Å². The van der Waals surface area contributed by atoms with E-state index < -0.39 is 11.4 Å². The number of hydrogen-bond acceptors (Lipinski definition) is 10. The minimum atomic E-state index is -0.414. The number of nitrogens with one attached hydrogen (secondary N) is 1. The molecule has 2 fully saturated rings. The third-order valence-electron chi connectivity index (χ3n) is 5.52. The van der Waals surface area contributed by atoms with E-state index in [0.29, 0.717) is 40.9 Å². The fourth-order valence-corrected chi connectivity index (χ4v) is 4.71. The first-order chi connectivity index (χ1) is 15.0. The lowest BCUT2D eigenvalue weighted by Gasteiger charge is -2.36. The largest absolute Gasteiger partial charge is 0.467 e. The Kier molecular flexibility index (Phi) is 5.52. The first-order valence-electron chi connectivity index (χ1n) is 9.77. The lowest BCUT2D eigenvalue weighted by molar-refractivity contribution is -0.0551. The topological polar surface area (TPSA) is 121 Å². The molecule has 1 aromatic carbocycles. The molecule has 3 aromatic rings. The minimum absolute atomic E-state index is 0.112. The summed E-state index contributed by atoms with van der Waals surface area (Å²) >= 11 is 2.48. The first kappa shape index (κ1) is 20.6. The first-order valence-corrected chi connectivity index (χ1v) is 11.5. The summed E-state index contributed by atoms with van der Waals surface area (Å²) in [6, 6.07) is 4.72. The number of nitrogens with two attached hydrogens (primary N) is 2. The van der Waals surface area contributed by atoms with E-state index in [4.69, 9.17) is 20.3 Å². The van der Waals surface area contributed by atoms with Gasteiger partial charge in [-0.15, -0.1) is 0 Å². The smallest absolute Gasteiger partial charge is 0.273 e. The van der Waals surface area contributed by atoms with E-state index in [-0.39, 0.29) is 6.10 Å². The summed E-state index contributed by atoms with van der Waals surface area (Å²) in [5.41, 5.74) is 7.16. The van der Waals surface area contributed by atoms with Crippen molar-refractivity contribution in [2.24, 2.45) is 10.9 Å². The van der Waals surface area contributed by atoms with E-state index in [0.717, 1.165) is 35.2 Å². The predicted molar refractivity (Wildman–Crippen MR) is 117 cm³/mol. The van der Waals surface area contributed by atoms with Crippen LogP contribution in [0.2, 0.25) is 0 Å². The molecule has 0 unspecified atom stereocenters. The summed E-state index contributed by atoms with van der Waals surface area (Å²) in [7, 11) is 0. The maximum absolute atomic E-state index is 14.1. The molecule has 0 spiro atoms. The molecule has 1 aliphatic carbocycles. The van der Waals surface area contributed by atoms with Gasteiger partial charge in [0.05, 0.1) is 29.3 Å². The zero-order valence-corrected chi connectivity index (χ0v) is 18.1. The Bertz CT molecular complexity index is 1070. The van der Waals surface area contributed by atoms with Crippen molar-refractivity contribution in [1.29, 1.82) is 0 Å². The molecule has 0 amide bonds. The molecular formula is C20H21FN6O2S2. The molecule has 8 nitrogen and oxygen atoms in total. The second-order valence-electron chi connectivity index (χ2n) is 7.77. The Hall–Kier alpha value is -2.31. The summed E-state index contributed by atoms with van der Waals surface area (Å²) < 4.78 is 25.3. The summed E-state index contributed by atoms with van der Waals surface area (Å²) in [5.74, 6) is 0.267. The number of ether oxygens (including phenoxy) is 2. The van der Waals surface area contributed by atoms with Crippen LogP contribution in [0.5, 0.6) is 5.19 Å². The van der Waals surface area contributed by atoms with E-state index in [1.807, 2.05) is 0 Å². The molecule has 0 radical (unpaired) electrons. The molecule has 31 heavy (non-hydrogen) atoms. The molecule has 0 bridgehead atoms. The van der Waals surface area contributed by atoms with Gasteiger partial charge in [-0.1, -0.05) is 11.3 Å². The van der Waals surface area contributed by atoms with Crippen LogP contribution >= 0.6 is 23.3 Å². The number of thiazole rings is 1. The average molecular weight is 461 g/mol. The Morgan fingerprint density at radius 2 is 1.97 bits per heavy atom. The molecule has 2 aliphatic rings. The van der Waals surface area contributed by atoms with Crippen LogP contribution < -0.4 is 20.9 Å². The molecule has 1 saturated heterocycles. The van der Waals surface area contributed by atoms with Gasteiger partial charge in [-0.2, -0.15) is 0 Å². The number of aromatic nitrogens is 3. The Morgan fingerprint density at radius 1 is 1.19 bits per heavy atom. The fourth-order valence-electron chi connectivity index (χ4n) is 3.49. The van der Waals surface area contributed by atoms with Crippen molar-refractivity contribution >= 4 is 34.9 Å². The lowest BCUT2D eigenvalue weighted by Crippen LogP contribution is -2.53. The van der Waals surface area contributed by atoms with Gasteiger partial charge in [0.15, 0.2) is 0 Å². The molecule has 1 aliphatic heterocycles. The second-order valence-corrected chi connectivity index (χ2v) is 9.47. The van der Waals surface area contributed by atoms with Crippen LogP contribution in [0, 0.1) is 5.82 Å². The molecule has 3 heterocycles. The number of benzene rings is 1. The molecule has 11 heteroatoms. The van der Waals surface area contributed by atoms with Gasteiger partial charge < -0.3 is 20.5 Å². The Labute approximate surface area is 186 Å². The van der Waals surface area contributed by atoms with Gasteiger partial charge in [0.1, 0.15) is 11.9 Å². The van der Waals surface area contributed by atoms with Gasteiger partial charge in [0, 0.05) is 23.5 Å². The number of halogens is 1. The van der Waals surface area contributed by atoms with Crippen molar-refractivity contribution < 1.29 is 13.9 Å². The van der Waals surface area contributed by atoms with Crippen LogP contribution in [0.4, 0.5) is 16.0 Å². The van der Waals surface area contributed by atoms with Crippen molar-refractivity contribution in [2.45, 2.75) is 35.3 Å². The highest BCUT2D eigenvalue weighted by Crippen LogP contribution is 2.41. The average Bonchev–Trinajstić information content (AvgIpc) is 3.20. The van der Waals surface area contributed by atoms with Crippen LogP contribution in [0.1, 0.15) is 29.2 Å². The van der Waals surface area contributed by atoms with Crippen molar-refractivity contribution in [3.05, 3.63) is 53.0 Å². The number of hydrogen-bond donors (Lipinski definition) is 3. The summed E-state index contributed by atoms with van der Waals surface area (Å²) in [5, 5.41) is 8.99. The van der Waals surface area contributed by atoms with Crippen molar-refractivity contribution in [2.75, 3.05) is 18.5 Å². The summed E-state index contributed by atoms with van der Waals surface area (Å²) in [6.07, 6.45) is 7.18. The number of nitrogens with zero attached hydrogens (tertiary/aromatic N) is 3. The molecule has 5 rings (SSSR count). The van der Waals surface area contributed by atoms with E-state index in [2.05, 4.69) is 20.3 Å². The number of rotatable bonds is 7. The van der Waals surface area contributed by atoms with Gasteiger partial charge in [-0.05, 0) is 54.5 Å². The predicted octanol–water partition coefficient (Wildman–Crippen LogP) is 3.29. The quantitative estimate of drug-likeness (QED) is 0.456. The highest BCUT2D eigenvalue weighted by Gasteiger charge is 2.39. The van der Waals surface area contributed by atoms with Crippen molar-refractivity contribution in [3.63, 3.8) is 0 Å². The fraction of sp³-hybridized carbons (Fsp3) is 0.350. The SMILES string of the molecule is NSc1ccc(Nc2ncc(C3CC(Oc4ncc(C5(N)COC5)s4)C3)cn2)c(F)c1. The summed E-state index contributed by atoms with van der Waals surface area (Å²) in [4.78, 5) is 14.6. The van der Waals surface area contributed by atoms with Crippen molar-refractivity contribution in [3.8, 4) is 5.19 Å². The Morgan fingerprint density at radius 3 is 2.61 bits per heavy atom. The van der Waals surface area contributed by atoms with Gasteiger partial charge >= 0.3 is 0 Å². The van der Waals surface area contributed by atoms with E-state index in [1.54, 1.807) is 30.7 Å². The Balaban J connectivity index is 1.14.